The summed E-state index contributed by atoms with van der Waals surface area (Å²) in [7, 11) is 0. The van der Waals surface area contributed by atoms with E-state index in [2.05, 4.69) is 24.4 Å². The molecule has 0 spiro atoms. The summed E-state index contributed by atoms with van der Waals surface area (Å²) in [6.07, 6.45) is 0.600. The molecule has 0 saturated heterocycles. The SMILES string of the molecule is CCNCC(Cc1c(F)cccc1Cl)c1ccccc1. The van der Waals surface area contributed by atoms with Gasteiger partial charge in [0.15, 0.2) is 0 Å². The van der Waals surface area contributed by atoms with E-state index in [0.29, 0.717) is 17.0 Å². The van der Waals surface area contributed by atoms with Crippen molar-refractivity contribution < 1.29 is 4.39 Å². The van der Waals surface area contributed by atoms with Crippen LogP contribution in [0.3, 0.4) is 0 Å². The highest BCUT2D eigenvalue weighted by Gasteiger charge is 2.16. The molecule has 1 unspecified atom stereocenters. The minimum Gasteiger partial charge on any atom is -0.316 e. The second-order valence-electron chi connectivity index (χ2n) is 4.82. The molecule has 1 nitrogen and oxygen atoms in total. The molecule has 0 saturated carbocycles. The van der Waals surface area contributed by atoms with E-state index in [-0.39, 0.29) is 11.7 Å². The van der Waals surface area contributed by atoms with Crippen LogP contribution in [0.2, 0.25) is 5.02 Å². The van der Waals surface area contributed by atoms with Gasteiger partial charge in [0.05, 0.1) is 0 Å². The smallest absolute Gasteiger partial charge is 0.127 e. The lowest BCUT2D eigenvalue weighted by Crippen LogP contribution is -2.23. The Morgan fingerprint density at radius 2 is 1.85 bits per heavy atom. The number of halogens is 2. The van der Waals surface area contributed by atoms with Crippen molar-refractivity contribution in [2.24, 2.45) is 0 Å². The second-order valence-corrected chi connectivity index (χ2v) is 5.23. The van der Waals surface area contributed by atoms with Crippen molar-refractivity contribution in [3.8, 4) is 0 Å². The fourth-order valence-electron chi connectivity index (χ4n) is 2.33. The van der Waals surface area contributed by atoms with Crippen LogP contribution in [0.1, 0.15) is 24.0 Å². The summed E-state index contributed by atoms with van der Waals surface area (Å²) in [5.41, 5.74) is 1.80. The monoisotopic (exact) mass is 291 g/mol. The molecule has 20 heavy (non-hydrogen) atoms. The predicted molar refractivity (Wildman–Crippen MR) is 82.8 cm³/mol. The Kier molecular flexibility index (Phi) is 5.57. The summed E-state index contributed by atoms with van der Waals surface area (Å²) in [4.78, 5) is 0. The normalized spacial score (nSPS) is 12.3. The third kappa shape index (κ3) is 3.81. The average Bonchev–Trinajstić information content (AvgIpc) is 2.47. The van der Waals surface area contributed by atoms with E-state index in [1.807, 2.05) is 18.2 Å². The third-order valence-electron chi connectivity index (χ3n) is 3.42. The highest BCUT2D eigenvalue weighted by Crippen LogP contribution is 2.26. The van der Waals surface area contributed by atoms with Crippen LogP contribution in [0.4, 0.5) is 4.39 Å². The first-order valence-electron chi connectivity index (χ1n) is 6.91. The molecule has 1 N–H and O–H groups in total. The topological polar surface area (TPSA) is 12.0 Å². The van der Waals surface area contributed by atoms with Gasteiger partial charge in [-0.05, 0) is 30.7 Å². The number of likely N-dealkylation sites (N-methyl/N-ethyl adjacent to an activating group) is 1. The Labute approximate surface area is 124 Å². The first-order chi connectivity index (χ1) is 9.72. The summed E-state index contributed by atoms with van der Waals surface area (Å²) >= 11 is 6.13. The van der Waals surface area contributed by atoms with Gasteiger partial charge in [-0.15, -0.1) is 0 Å². The summed E-state index contributed by atoms with van der Waals surface area (Å²) in [5, 5.41) is 3.84. The van der Waals surface area contributed by atoms with E-state index in [1.54, 1.807) is 12.1 Å². The van der Waals surface area contributed by atoms with Crippen LogP contribution in [0.25, 0.3) is 0 Å². The van der Waals surface area contributed by atoms with Gasteiger partial charge in [-0.1, -0.05) is 54.9 Å². The molecule has 0 heterocycles. The average molecular weight is 292 g/mol. The molecule has 0 amide bonds. The van der Waals surface area contributed by atoms with E-state index in [4.69, 9.17) is 11.6 Å². The first-order valence-corrected chi connectivity index (χ1v) is 7.28. The van der Waals surface area contributed by atoms with Crippen LogP contribution in [0.15, 0.2) is 48.5 Å². The van der Waals surface area contributed by atoms with Gasteiger partial charge in [-0.2, -0.15) is 0 Å². The van der Waals surface area contributed by atoms with Crippen LogP contribution >= 0.6 is 11.6 Å². The molecule has 2 rings (SSSR count). The van der Waals surface area contributed by atoms with Gasteiger partial charge >= 0.3 is 0 Å². The summed E-state index contributed by atoms with van der Waals surface area (Å²) in [6.45, 7) is 3.78. The van der Waals surface area contributed by atoms with Crippen LogP contribution in [0.5, 0.6) is 0 Å². The van der Waals surface area contributed by atoms with Gasteiger partial charge in [0.1, 0.15) is 5.82 Å². The molecule has 2 aromatic carbocycles. The molecule has 0 aliphatic rings. The van der Waals surface area contributed by atoms with Gasteiger partial charge in [0, 0.05) is 23.0 Å². The fraction of sp³-hybridized carbons (Fsp3) is 0.294. The summed E-state index contributed by atoms with van der Waals surface area (Å²) in [6, 6.07) is 15.0. The fourth-order valence-corrected chi connectivity index (χ4v) is 2.57. The van der Waals surface area contributed by atoms with Crippen molar-refractivity contribution in [3.05, 3.63) is 70.5 Å². The number of nitrogens with one attached hydrogen (secondary N) is 1. The molecule has 0 aliphatic heterocycles. The Morgan fingerprint density at radius 1 is 1.10 bits per heavy atom. The molecule has 1 atom stereocenters. The highest BCUT2D eigenvalue weighted by atomic mass is 35.5. The highest BCUT2D eigenvalue weighted by molar-refractivity contribution is 6.31. The first kappa shape index (κ1) is 15.0. The van der Waals surface area contributed by atoms with Gasteiger partial charge in [-0.25, -0.2) is 4.39 Å². The maximum absolute atomic E-state index is 13.9. The summed E-state index contributed by atoms with van der Waals surface area (Å²) < 4.78 is 13.9. The van der Waals surface area contributed by atoms with E-state index in [9.17, 15) is 4.39 Å². The maximum Gasteiger partial charge on any atom is 0.127 e. The molecular weight excluding hydrogens is 273 g/mol. The van der Waals surface area contributed by atoms with E-state index in [0.717, 1.165) is 13.1 Å². The molecule has 0 aliphatic carbocycles. The molecule has 0 fully saturated rings. The second kappa shape index (κ2) is 7.41. The zero-order chi connectivity index (χ0) is 14.4. The number of hydrogen-bond acceptors (Lipinski definition) is 1. The Balaban J connectivity index is 2.24. The molecule has 3 heteroatoms. The molecule has 0 bridgehead atoms. The number of rotatable bonds is 6. The van der Waals surface area contributed by atoms with Gasteiger partial charge in [0.25, 0.3) is 0 Å². The Bertz CT molecular complexity index is 522. The molecule has 2 aromatic rings. The van der Waals surface area contributed by atoms with Gasteiger partial charge in [0.2, 0.25) is 0 Å². The van der Waals surface area contributed by atoms with Crippen molar-refractivity contribution in [1.29, 1.82) is 0 Å². The molecular formula is C17H19ClFN. The van der Waals surface area contributed by atoms with E-state index < -0.39 is 0 Å². The van der Waals surface area contributed by atoms with Crippen molar-refractivity contribution in [1.82, 2.24) is 5.32 Å². The van der Waals surface area contributed by atoms with E-state index in [1.165, 1.54) is 11.6 Å². The summed E-state index contributed by atoms with van der Waals surface area (Å²) in [5.74, 6) is -0.0134. The molecule has 106 valence electrons. The lowest BCUT2D eigenvalue weighted by Gasteiger charge is -2.19. The minimum absolute atomic E-state index is 0.213. The van der Waals surface area contributed by atoms with Crippen molar-refractivity contribution in [3.63, 3.8) is 0 Å². The predicted octanol–water partition coefficient (Wildman–Crippen LogP) is 4.41. The third-order valence-corrected chi connectivity index (χ3v) is 3.78. The van der Waals surface area contributed by atoms with Gasteiger partial charge < -0.3 is 5.32 Å². The quantitative estimate of drug-likeness (QED) is 0.831. The minimum atomic E-state index is -0.227. The number of benzene rings is 2. The molecule has 0 aromatic heterocycles. The molecule has 0 radical (unpaired) electrons. The van der Waals surface area contributed by atoms with Crippen LogP contribution in [0, 0.1) is 5.82 Å². The van der Waals surface area contributed by atoms with Gasteiger partial charge in [-0.3, -0.25) is 0 Å². The van der Waals surface area contributed by atoms with Crippen LogP contribution < -0.4 is 5.32 Å². The zero-order valence-electron chi connectivity index (χ0n) is 11.6. The largest absolute Gasteiger partial charge is 0.316 e. The van der Waals surface area contributed by atoms with Crippen molar-refractivity contribution in [2.75, 3.05) is 13.1 Å². The Morgan fingerprint density at radius 3 is 2.50 bits per heavy atom. The Hall–Kier alpha value is -1.38. The lowest BCUT2D eigenvalue weighted by atomic mass is 9.91. The van der Waals surface area contributed by atoms with Crippen LogP contribution in [-0.2, 0) is 6.42 Å². The number of hydrogen-bond donors (Lipinski definition) is 1. The lowest BCUT2D eigenvalue weighted by molar-refractivity contribution is 0.562. The standard InChI is InChI=1S/C17H19ClFN/c1-2-20-12-14(13-7-4-3-5-8-13)11-15-16(18)9-6-10-17(15)19/h3-10,14,20H,2,11-12H2,1H3. The van der Waals surface area contributed by atoms with Crippen molar-refractivity contribution >= 4 is 11.6 Å². The van der Waals surface area contributed by atoms with Crippen LogP contribution in [-0.4, -0.2) is 13.1 Å². The maximum atomic E-state index is 13.9. The van der Waals surface area contributed by atoms with Crippen molar-refractivity contribution in [2.45, 2.75) is 19.3 Å². The zero-order valence-corrected chi connectivity index (χ0v) is 12.3. The van der Waals surface area contributed by atoms with E-state index >= 15 is 0 Å².